The first-order valence-corrected chi connectivity index (χ1v) is 8.27. The highest BCUT2D eigenvalue weighted by Gasteiger charge is 2.30. The number of fused-ring (bicyclic) bond motifs is 1. The summed E-state index contributed by atoms with van der Waals surface area (Å²) in [5.74, 6) is 3.05. The number of hydrogen-bond acceptors (Lipinski definition) is 5. The van der Waals surface area contributed by atoms with Gasteiger partial charge in [-0.3, -0.25) is 4.90 Å². The normalized spacial score (nSPS) is 23.0. The molecule has 1 N–H and O–H groups in total. The standard InChI is InChI=1S/C16H27N5/c1-4-14-18-15(17-3)12(2)16(19-14)21-10-9-20-8-6-5-7-13(20)11-21/h13H,4-11H2,1-3H3,(H,17,18,19). The van der Waals surface area contributed by atoms with Crippen LogP contribution in [0.2, 0.25) is 0 Å². The highest BCUT2D eigenvalue weighted by Crippen LogP contribution is 2.28. The van der Waals surface area contributed by atoms with Crippen LogP contribution in [0.3, 0.4) is 0 Å². The molecule has 3 heterocycles. The van der Waals surface area contributed by atoms with Crippen molar-refractivity contribution >= 4 is 11.6 Å². The summed E-state index contributed by atoms with van der Waals surface area (Å²) in [5.41, 5.74) is 1.18. The first-order valence-electron chi connectivity index (χ1n) is 8.27. The van der Waals surface area contributed by atoms with Crippen LogP contribution in [0.15, 0.2) is 0 Å². The number of rotatable bonds is 3. The molecule has 0 aliphatic carbocycles. The molecule has 116 valence electrons. The van der Waals surface area contributed by atoms with Crippen LogP contribution in [0, 0.1) is 6.92 Å². The lowest BCUT2D eigenvalue weighted by Crippen LogP contribution is -2.55. The number of hydrogen-bond donors (Lipinski definition) is 1. The highest BCUT2D eigenvalue weighted by atomic mass is 15.3. The van der Waals surface area contributed by atoms with E-state index in [1.54, 1.807) is 0 Å². The third kappa shape index (κ3) is 2.84. The van der Waals surface area contributed by atoms with Gasteiger partial charge in [-0.2, -0.15) is 0 Å². The quantitative estimate of drug-likeness (QED) is 0.923. The average molecular weight is 289 g/mol. The van der Waals surface area contributed by atoms with Gasteiger partial charge in [0.1, 0.15) is 17.5 Å². The molecule has 3 rings (SSSR count). The lowest BCUT2D eigenvalue weighted by atomic mass is 9.99. The fourth-order valence-electron chi connectivity index (χ4n) is 3.61. The van der Waals surface area contributed by atoms with E-state index in [1.807, 2.05) is 7.05 Å². The van der Waals surface area contributed by atoms with Gasteiger partial charge in [0.15, 0.2) is 0 Å². The van der Waals surface area contributed by atoms with Crippen molar-refractivity contribution in [2.24, 2.45) is 0 Å². The molecule has 1 unspecified atom stereocenters. The van der Waals surface area contributed by atoms with E-state index in [9.17, 15) is 0 Å². The number of aromatic nitrogens is 2. The van der Waals surface area contributed by atoms with E-state index in [-0.39, 0.29) is 0 Å². The van der Waals surface area contributed by atoms with Crippen molar-refractivity contribution in [2.75, 3.05) is 43.4 Å². The van der Waals surface area contributed by atoms with Gasteiger partial charge in [-0.1, -0.05) is 13.3 Å². The Morgan fingerprint density at radius 2 is 2.05 bits per heavy atom. The van der Waals surface area contributed by atoms with Crippen molar-refractivity contribution in [2.45, 2.75) is 45.6 Å². The molecule has 1 atom stereocenters. The van der Waals surface area contributed by atoms with Gasteiger partial charge < -0.3 is 10.2 Å². The Hall–Kier alpha value is -1.36. The molecule has 0 aromatic carbocycles. The molecule has 0 spiro atoms. The molecule has 5 heteroatoms. The molecule has 1 aromatic heterocycles. The van der Waals surface area contributed by atoms with Gasteiger partial charge in [-0.25, -0.2) is 9.97 Å². The maximum absolute atomic E-state index is 4.82. The third-order valence-electron chi connectivity index (χ3n) is 4.86. The second kappa shape index (κ2) is 6.18. The summed E-state index contributed by atoms with van der Waals surface area (Å²) in [7, 11) is 1.94. The zero-order valence-electron chi connectivity index (χ0n) is 13.5. The van der Waals surface area contributed by atoms with Crippen molar-refractivity contribution in [3.8, 4) is 0 Å². The van der Waals surface area contributed by atoms with Crippen molar-refractivity contribution in [1.82, 2.24) is 14.9 Å². The van der Waals surface area contributed by atoms with Gasteiger partial charge in [0.05, 0.1) is 0 Å². The predicted octanol–water partition coefficient (Wildman–Crippen LogP) is 2.06. The minimum absolute atomic E-state index is 0.713. The maximum Gasteiger partial charge on any atom is 0.137 e. The molecule has 0 bridgehead atoms. The molecule has 21 heavy (non-hydrogen) atoms. The van der Waals surface area contributed by atoms with Crippen LogP contribution in [0.4, 0.5) is 11.6 Å². The van der Waals surface area contributed by atoms with E-state index in [2.05, 4.69) is 33.9 Å². The fraction of sp³-hybridized carbons (Fsp3) is 0.750. The summed E-state index contributed by atoms with van der Waals surface area (Å²) in [6, 6.07) is 0.713. The molecular weight excluding hydrogens is 262 g/mol. The van der Waals surface area contributed by atoms with Crippen molar-refractivity contribution in [3.63, 3.8) is 0 Å². The third-order valence-corrected chi connectivity index (χ3v) is 4.86. The first-order chi connectivity index (χ1) is 10.2. The number of aryl methyl sites for hydroxylation is 1. The van der Waals surface area contributed by atoms with Crippen LogP contribution in [0.5, 0.6) is 0 Å². The largest absolute Gasteiger partial charge is 0.373 e. The monoisotopic (exact) mass is 289 g/mol. The van der Waals surface area contributed by atoms with Crippen LogP contribution in [-0.2, 0) is 6.42 Å². The Bertz CT molecular complexity index is 502. The van der Waals surface area contributed by atoms with Crippen LogP contribution >= 0.6 is 0 Å². The number of nitrogens with zero attached hydrogens (tertiary/aromatic N) is 4. The average Bonchev–Trinajstić information content (AvgIpc) is 2.54. The van der Waals surface area contributed by atoms with Crippen LogP contribution in [0.25, 0.3) is 0 Å². The Morgan fingerprint density at radius 1 is 1.19 bits per heavy atom. The molecule has 0 saturated carbocycles. The Labute approximate surface area is 127 Å². The summed E-state index contributed by atoms with van der Waals surface area (Å²) >= 11 is 0. The van der Waals surface area contributed by atoms with E-state index in [4.69, 9.17) is 4.98 Å². The second-order valence-electron chi connectivity index (χ2n) is 6.17. The van der Waals surface area contributed by atoms with Crippen molar-refractivity contribution in [3.05, 3.63) is 11.4 Å². The SMILES string of the molecule is CCc1nc(NC)c(C)c(N2CCN3CCCCC3C2)n1. The summed E-state index contributed by atoms with van der Waals surface area (Å²) in [6.45, 7) is 8.90. The van der Waals surface area contributed by atoms with E-state index in [0.717, 1.165) is 37.0 Å². The molecule has 0 radical (unpaired) electrons. The minimum atomic E-state index is 0.713. The zero-order valence-corrected chi connectivity index (χ0v) is 13.5. The summed E-state index contributed by atoms with van der Waals surface area (Å²) in [4.78, 5) is 14.5. The first kappa shape index (κ1) is 14.6. The molecule has 2 aliphatic rings. The summed E-state index contributed by atoms with van der Waals surface area (Å²) < 4.78 is 0. The lowest BCUT2D eigenvalue weighted by Gasteiger charge is -2.44. The Balaban J connectivity index is 1.86. The zero-order chi connectivity index (χ0) is 14.8. The predicted molar refractivity (Wildman–Crippen MR) is 87.1 cm³/mol. The van der Waals surface area contributed by atoms with E-state index in [1.165, 1.54) is 37.9 Å². The highest BCUT2D eigenvalue weighted by molar-refractivity contribution is 5.58. The van der Waals surface area contributed by atoms with Crippen molar-refractivity contribution in [1.29, 1.82) is 0 Å². The summed E-state index contributed by atoms with van der Waals surface area (Å²) in [5, 5.41) is 3.22. The molecule has 5 nitrogen and oxygen atoms in total. The minimum Gasteiger partial charge on any atom is -0.373 e. The lowest BCUT2D eigenvalue weighted by molar-refractivity contribution is 0.133. The Morgan fingerprint density at radius 3 is 2.81 bits per heavy atom. The van der Waals surface area contributed by atoms with E-state index < -0.39 is 0 Å². The molecule has 2 saturated heterocycles. The molecule has 2 fully saturated rings. The molecule has 1 aromatic rings. The van der Waals surface area contributed by atoms with Crippen LogP contribution in [-0.4, -0.2) is 54.1 Å². The van der Waals surface area contributed by atoms with Gasteiger partial charge in [-0.05, 0) is 26.3 Å². The van der Waals surface area contributed by atoms with Gasteiger partial charge in [0.25, 0.3) is 0 Å². The molecular formula is C16H27N5. The number of piperazine rings is 1. The topological polar surface area (TPSA) is 44.3 Å². The van der Waals surface area contributed by atoms with Crippen LogP contribution < -0.4 is 10.2 Å². The number of anilines is 2. The number of nitrogens with one attached hydrogen (secondary N) is 1. The Kier molecular flexibility index (Phi) is 4.29. The summed E-state index contributed by atoms with van der Waals surface area (Å²) in [6.07, 6.45) is 4.96. The van der Waals surface area contributed by atoms with Crippen molar-refractivity contribution < 1.29 is 0 Å². The van der Waals surface area contributed by atoms with E-state index >= 15 is 0 Å². The smallest absolute Gasteiger partial charge is 0.137 e. The maximum atomic E-state index is 4.82. The van der Waals surface area contributed by atoms with Crippen LogP contribution in [0.1, 0.15) is 37.6 Å². The van der Waals surface area contributed by atoms with Gasteiger partial charge in [0.2, 0.25) is 0 Å². The second-order valence-corrected chi connectivity index (χ2v) is 6.17. The van der Waals surface area contributed by atoms with E-state index in [0.29, 0.717) is 6.04 Å². The molecule has 0 amide bonds. The van der Waals surface area contributed by atoms with Gasteiger partial charge >= 0.3 is 0 Å². The molecule has 2 aliphatic heterocycles. The fourth-order valence-corrected chi connectivity index (χ4v) is 3.61. The van der Waals surface area contributed by atoms with Gasteiger partial charge in [0, 0.05) is 44.7 Å². The van der Waals surface area contributed by atoms with Gasteiger partial charge in [-0.15, -0.1) is 0 Å². The number of piperidine rings is 1.